The zero-order valence-corrected chi connectivity index (χ0v) is 15.7. The second kappa shape index (κ2) is 11.5. The Morgan fingerprint density at radius 1 is 1.00 bits per heavy atom. The van der Waals surface area contributed by atoms with Crippen LogP contribution in [0.2, 0.25) is 0 Å². The first-order chi connectivity index (χ1) is 12.8. The van der Waals surface area contributed by atoms with E-state index in [1.54, 1.807) is 0 Å². The van der Waals surface area contributed by atoms with Gasteiger partial charge in [0.1, 0.15) is 18.1 Å². The molecule has 154 valence electrons. The molecule has 0 aromatic heterocycles. The molecule has 4 amide bonds. The lowest BCUT2D eigenvalue weighted by Gasteiger charge is -2.24. The van der Waals surface area contributed by atoms with E-state index in [0.717, 1.165) is 12.8 Å². The third-order valence-corrected chi connectivity index (χ3v) is 4.38. The van der Waals surface area contributed by atoms with Crippen LogP contribution in [0.1, 0.15) is 45.4 Å². The van der Waals surface area contributed by atoms with E-state index in [2.05, 4.69) is 16.0 Å². The van der Waals surface area contributed by atoms with E-state index >= 15 is 0 Å². The van der Waals surface area contributed by atoms with Crippen molar-refractivity contribution in [3.05, 3.63) is 0 Å². The summed E-state index contributed by atoms with van der Waals surface area (Å²) in [4.78, 5) is 47.6. The van der Waals surface area contributed by atoms with Crippen LogP contribution in [0.3, 0.4) is 0 Å². The predicted octanol–water partition coefficient (Wildman–Crippen LogP) is -2.13. The Bertz CT molecular complexity index is 538. The van der Waals surface area contributed by atoms with Gasteiger partial charge in [-0.15, -0.1) is 0 Å². The van der Waals surface area contributed by atoms with Crippen molar-refractivity contribution in [1.82, 2.24) is 16.0 Å². The van der Waals surface area contributed by atoms with Crippen LogP contribution in [0.15, 0.2) is 0 Å². The molecule has 10 heteroatoms. The first-order valence-electron chi connectivity index (χ1n) is 9.26. The minimum Gasteiger partial charge on any atom is -0.394 e. The van der Waals surface area contributed by atoms with E-state index in [4.69, 9.17) is 11.5 Å². The Balaban J connectivity index is 2.74. The summed E-state index contributed by atoms with van der Waals surface area (Å²) in [6.07, 6.45) is 4.05. The summed E-state index contributed by atoms with van der Waals surface area (Å²) in [7, 11) is 0. The topological polar surface area (TPSA) is 177 Å². The van der Waals surface area contributed by atoms with E-state index in [1.807, 2.05) is 0 Å². The Kier molecular flexibility index (Phi) is 9.73. The number of hydrogen-bond acceptors (Lipinski definition) is 6. The summed E-state index contributed by atoms with van der Waals surface area (Å²) in [5.41, 5.74) is 10.8. The van der Waals surface area contributed by atoms with Crippen molar-refractivity contribution in [3.8, 4) is 0 Å². The van der Waals surface area contributed by atoms with Gasteiger partial charge in [-0.25, -0.2) is 0 Å². The molecule has 8 N–H and O–H groups in total. The maximum absolute atomic E-state index is 12.6. The summed E-state index contributed by atoms with van der Waals surface area (Å²) >= 11 is 0. The first kappa shape index (κ1) is 22.8. The normalized spacial score (nSPS) is 16.7. The molecule has 1 rings (SSSR count). The van der Waals surface area contributed by atoms with E-state index < -0.39 is 48.4 Å². The summed E-state index contributed by atoms with van der Waals surface area (Å²) in [6, 6.07) is -2.87. The SMILES string of the molecule is CC(=O)N[C@@H](CO)C(=O)N[C@@H](CCCCN)C(=O)N[C@@H](CC1CC1)C(N)=O. The molecule has 0 aliphatic heterocycles. The van der Waals surface area contributed by atoms with E-state index in [1.165, 1.54) is 6.92 Å². The second-order valence-electron chi connectivity index (χ2n) is 6.92. The monoisotopic (exact) mass is 385 g/mol. The maximum Gasteiger partial charge on any atom is 0.245 e. The average molecular weight is 385 g/mol. The zero-order chi connectivity index (χ0) is 20.4. The molecule has 1 aliphatic carbocycles. The summed E-state index contributed by atoms with van der Waals surface area (Å²) < 4.78 is 0. The van der Waals surface area contributed by atoms with Gasteiger partial charge in [-0.05, 0) is 38.1 Å². The van der Waals surface area contributed by atoms with Crippen LogP contribution in [-0.4, -0.2) is 60.0 Å². The van der Waals surface area contributed by atoms with Crippen molar-refractivity contribution >= 4 is 23.6 Å². The van der Waals surface area contributed by atoms with Gasteiger partial charge in [0.15, 0.2) is 0 Å². The number of aliphatic hydroxyl groups is 1. The molecule has 1 fully saturated rings. The largest absolute Gasteiger partial charge is 0.394 e. The van der Waals surface area contributed by atoms with Gasteiger partial charge < -0.3 is 32.5 Å². The maximum atomic E-state index is 12.6. The number of nitrogens with two attached hydrogens (primary N) is 2. The molecule has 0 aromatic carbocycles. The number of amides is 4. The summed E-state index contributed by atoms with van der Waals surface area (Å²) in [5, 5.41) is 16.7. The Morgan fingerprint density at radius 2 is 1.59 bits per heavy atom. The quantitative estimate of drug-likeness (QED) is 0.197. The van der Waals surface area contributed by atoms with Crippen molar-refractivity contribution in [2.75, 3.05) is 13.2 Å². The van der Waals surface area contributed by atoms with Gasteiger partial charge >= 0.3 is 0 Å². The number of unbranched alkanes of at least 4 members (excludes halogenated alkanes) is 1. The van der Waals surface area contributed by atoms with Crippen molar-refractivity contribution in [3.63, 3.8) is 0 Å². The lowest BCUT2D eigenvalue weighted by atomic mass is 10.1. The lowest BCUT2D eigenvalue weighted by Crippen LogP contribution is -2.57. The van der Waals surface area contributed by atoms with Gasteiger partial charge in [0.2, 0.25) is 23.6 Å². The molecular formula is C17H31N5O5. The number of primary amides is 1. The van der Waals surface area contributed by atoms with Gasteiger partial charge in [0, 0.05) is 6.92 Å². The van der Waals surface area contributed by atoms with Gasteiger partial charge in [-0.3, -0.25) is 19.2 Å². The standard InChI is InChI=1S/C17H31N5O5/c1-10(24)20-14(9-23)17(27)21-12(4-2-3-7-18)16(26)22-13(15(19)25)8-11-5-6-11/h11-14,23H,2-9,18H2,1H3,(H2,19,25)(H,20,24)(H,21,27)(H,22,26)/t12-,13-,14-/m0/s1. The molecule has 0 bridgehead atoms. The third-order valence-electron chi connectivity index (χ3n) is 4.38. The van der Waals surface area contributed by atoms with Gasteiger partial charge in [-0.1, -0.05) is 12.8 Å². The number of hydrogen-bond donors (Lipinski definition) is 6. The molecule has 1 aliphatic rings. The highest BCUT2D eigenvalue weighted by molar-refractivity contribution is 5.93. The minimum absolute atomic E-state index is 0.307. The van der Waals surface area contributed by atoms with Crippen LogP contribution in [-0.2, 0) is 19.2 Å². The smallest absolute Gasteiger partial charge is 0.245 e. The lowest BCUT2D eigenvalue weighted by molar-refractivity contribution is -0.133. The molecule has 0 unspecified atom stereocenters. The summed E-state index contributed by atoms with van der Waals surface area (Å²) in [5.74, 6) is -1.92. The molecule has 27 heavy (non-hydrogen) atoms. The summed E-state index contributed by atoms with van der Waals surface area (Å²) in [6.45, 7) is 1.06. The Morgan fingerprint density at radius 3 is 2.07 bits per heavy atom. The van der Waals surface area contributed by atoms with Gasteiger partial charge in [-0.2, -0.15) is 0 Å². The molecule has 10 nitrogen and oxygen atoms in total. The third kappa shape index (κ3) is 8.83. The van der Waals surface area contributed by atoms with Gasteiger partial charge in [0.25, 0.3) is 0 Å². The molecule has 0 radical (unpaired) electrons. The number of carbonyl (C=O) groups excluding carboxylic acids is 4. The number of carbonyl (C=O) groups is 4. The van der Waals surface area contributed by atoms with Crippen LogP contribution < -0.4 is 27.4 Å². The van der Waals surface area contributed by atoms with Crippen LogP contribution in [0, 0.1) is 5.92 Å². The fraction of sp³-hybridized carbons (Fsp3) is 0.765. The highest BCUT2D eigenvalue weighted by atomic mass is 16.3. The Labute approximate surface area is 158 Å². The fourth-order valence-corrected chi connectivity index (χ4v) is 2.68. The predicted molar refractivity (Wildman–Crippen MR) is 98.0 cm³/mol. The highest BCUT2D eigenvalue weighted by Gasteiger charge is 2.32. The molecule has 1 saturated carbocycles. The first-order valence-corrected chi connectivity index (χ1v) is 9.26. The highest BCUT2D eigenvalue weighted by Crippen LogP contribution is 2.33. The number of rotatable bonds is 13. The van der Waals surface area contributed by atoms with Crippen LogP contribution >= 0.6 is 0 Å². The molecule has 0 heterocycles. The van der Waals surface area contributed by atoms with E-state index in [-0.39, 0.29) is 0 Å². The van der Waals surface area contributed by atoms with Gasteiger partial charge in [0.05, 0.1) is 6.61 Å². The second-order valence-corrected chi connectivity index (χ2v) is 6.92. The number of nitrogens with one attached hydrogen (secondary N) is 3. The Hall–Kier alpha value is -2.20. The van der Waals surface area contributed by atoms with Crippen LogP contribution in [0.5, 0.6) is 0 Å². The molecule has 3 atom stereocenters. The molecular weight excluding hydrogens is 354 g/mol. The van der Waals surface area contributed by atoms with Crippen LogP contribution in [0.25, 0.3) is 0 Å². The van der Waals surface area contributed by atoms with Crippen molar-refractivity contribution in [2.24, 2.45) is 17.4 Å². The fourth-order valence-electron chi connectivity index (χ4n) is 2.68. The van der Waals surface area contributed by atoms with E-state index in [0.29, 0.717) is 38.1 Å². The molecule has 0 saturated heterocycles. The van der Waals surface area contributed by atoms with Crippen molar-refractivity contribution in [1.29, 1.82) is 0 Å². The van der Waals surface area contributed by atoms with Crippen LogP contribution in [0.4, 0.5) is 0 Å². The average Bonchev–Trinajstić information content (AvgIpc) is 3.41. The molecule has 0 spiro atoms. The zero-order valence-electron chi connectivity index (χ0n) is 15.7. The van der Waals surface area contributed by atoms with Crippen molar-refractivity contribution in [2.45, 2.75) is 63.6 Å². The minimum atomic E-state index is -1.16. The van der Waals surface area contributed by atoms with E-state index in [9.17, 15) is 24.3 Å². The van der Waals surface area contributed by atoms with Crippen molar-refractivity contribution < 1.29 is 24.3 Å². The number of aliphatic hydroxyl groups excluding tert-OH is 1. The molecule has 0 aromatic rings.